The smallest absolute Gasteiger partial charge is 0.0513 e. The second-order valence-corrected chi connectivity index (χ2v) is 6.36. The van der Waals surface area contributed by atoms with E-state index in [9.17, 15) is 0 Å². The summed E-state index contributed by atoms with van der Waals surface area (Å²) in [4.78, 5) is 1.46. The fourth-order valence-corrected chi connectivity index (χ4v) is 4.00. The molecule has 1 saturated heterocycles. The molecule has 1 aliphatic rings. The van der Waals surface area contributed by atoms with E-state index in [-0.39, 0.29) is 0 Å². The summed E-state index contributed by atoms with van der Waals surface area (Å²) in [5.74, 6) is 0.625. The minimum absolute atomic E-state index is 0.458. The number of hydrogen-bond acceptors (Lipinski definition) is 3. The van der Waals surface area contributed by atoms with Crippen molar-refractivity contribution in [3.05, 3.63) is 35.2 Å². The summed E-state index contributed by atoms with van der Waals surface area (Å²) in [5.41, 5.74) is 0. The first-order valence-electron chi connectivity index (χ1n) is 7.18. The van der Waals surface area contributed by atoms with Crippen molar-refractivity contribution in [2.75, 3.05) is 19.8 Å². The monoisotopic (exact) mass is 275 g/mol. The van der Waals surface area contributed by atoms with Crippen molar-refractivity contribution in [2.24, 2.45) is 5.92 Å². The Hall–Kier alpha value is -0.900. The van der Waals surface area contributed by atoms with E-state index in [1.807, 2.05) is 11.3 Å². The first kappa shape index (κ1) is 13.1. The number of fused-ring (bicyclic) bond motifs is 1. The molecule has 0 spiro atoms. The van der Waals surface area contributed by atoms with Crippen molar-refractivity contribution in [2.45, 2.75) is 25.8 Å². The lowest BCUT2D eigenvalue weighted by atomic mass is 9.97. The molecule has 2 heterocycles. The molecule has 0 amide bonds. The number of nitrogens with one attached hydrogen (secondary N) is 1. The second-order valence-electron chi connectivity index (χ2n) is 5.24. The van der Waals surface area contributed by atoms with Crippen LogP contribution in [0.25, 0.3) is 10.1 Å². The SMILES string of the molecule is CCCNC(c1cc2ccccc2s1)C1CCOC1. The molecule has 0 radical (unpaired) electrons. The Bertz CT molecular complexity index is 497. The highest BCUT2D eigenvalue weighted by Gasteiger charge is 2.27. The molecule has 0 aliphatic carbocycles. The molecule has 2 aromatic rings. The molecule has 1 fully saturated rings. The van der Waals surface area contributed by atoms with Gasteiger partial charge in [0.2, 0.25) is 0 Å². The maximum absolute atomic E-state index is 5.58. The van der Waals surface area contributed by atoms with Crippen LogP contribution in [0.4, 0.5) is 0 Å². The molecule has 1 aromatic carbocycles. The molecule has 0 saturated carbocycles. The Morgan fingerprint density at radius 2 is 2.32 bits per heavy atom. The average molecular weight is 275 g/mol. The van der Waals surface area contributed by atoms with Crippen LogP contribution in [0.15, 0.2) is 30.3 Å². The lowest BCUT2D eigenvalue weighted by Crippen LogP contribution is -2.28. The van der Waals surface area contributed by atoms with E-state index in [0.29, 0.717) is 12.0 Å². The molecule has 2 nitrogen and oxygen atoms in total. The van der Waals surface area contributed by atoms with Crippen LogP contribution >= 0.6 is 11.3 Å². The fraction of sp³-hybridized carbons (Fsp3) is 0.500. The van der Waals surface area contributed by atoms with Crippen LogP contribution < -0.4 is 5.32 Å². The summed E-state index contributed by atoms with van der Waals surface area (Å²) in [7, 11) is 0. The van der Waals surface area contributed by atoms with Crippen LogP contribution in [-0.2, 0) is 4.74 Å². The predicted molar refractivity (Wildman–Crippen MR) is 81.8 cm³/mol. The van der Waals surface area contributed by atoms with E-state index in [1.54, 1.807) is 0 Å². The van der Waals surface area contributed by atoms with Gasteiger partial charge in [0.1, 0.15) is 0 Å². The van der Waals surface area contributed by atoms with Gasteiger partial charge in [0.15, 0.2) is 0 Å². The standard InChI is InChI=1S/C16H21NOS/c1-2-8-17-16(13-7-9-18-11-13)15-10-12-5-3-4-6-14(12)19-15/h3-6,10,13,16-17H,2,7-9,11H2,1H3. The molecular weight excluding hydrogens is 254 g/mol. The number of hydrogen-bond donors (Lipinski definition) is 1. The molecule has 1 N–H and O–H groups in total. The third kappa shape index (κ3) is 2.83. The normalized spacial score (nSPS) is 21.0. The number of ether oxygens (including phenoxy) is 1. The average Bonchev–Trinajstić information content (AvgIpc) is 3.08. The zero-order chi connectivity index (χ0) is 13.1. The minimum atomic E-state index is 0.458. The highest BCUT2D eigenvalue weighted by molar-refractivity contribution is 7.19. The fourth-order valence-electron chi connectivity index (χ4n) is 2.77. The maximum Gasteiger partial charge on any atom is 0.0513 e. The molecule has 2 unspecified atom stereocenters. The highest BCUT2D eigenvalue weighted by Crippen LogP contribution is 2.36. The summed E-state index contributed by atoms with van der Waals surface area (Å²) in [6, 6.07) is 11.5. The summed E-state index contributed by atoms with van der Waals surface area (Å²) in [6.07, 6.45) is 2.35. The van der Waals surface area contributed by atoms with E-state index in [0.717, 1.165) is 19.8 Å². The Balaban J connectivity index is 1.88. The van der Waals surface area contributed by atoms with E-state index in [1.165, 1.54) is 27.8 Å². The van der Waals surface area contributed by atoms with Crippen molar-refractivity contribution in [1.29, 1.82) is 0 Å². The van der Waals surface area contributed by atoms with Crippen molar-refractivity contribution < 1.29 is 4.74 Å². The molecule has 2 atom stereocenters. The highest BCUT2D eigenvalue weighted by atomic mass is 32.1. The Kier molecular flexibility index (Phi) is 4.16. The summed E-state index contributed by atoms with van der Waals surface area (Å²) >= 11 is 1.92. The van der Waals surface area contributed by atoms with Gasteiger partial charge in [-0.3, -0.25) is 0 Å². The lowest BCUT2D eigenvalue weighted by molar-refractivity contribution is 0.177. The number of thiophene rings is 1. The molecule has 19 heavy (non-hydrogen) atoms. The van der Waals surface area contributed by atoms with Crippen molar-refractivity contribution >= 4 is 21.4 Å². The predicted octanol–water partition coefficient (Wildman–Crippen LogP) is 3.98. The van der Waals surface area contributed by atoms with Gasteiger partial charge in [-0.05, 0) is 36.9 Å². The van der Waals surface area contributed by atoms with Gasteiger partial charge in [-0.25, -0.2) is 0 Å². The van der Waals surface area contributed by atoms with Crippen LogP contribution in [0.3, 0.4) is 0 Å². The van der Waals surface area contributed by atoms with Crippen LogP contribution in [0.2, 0.25) is 0 Å². The summed E-state index contributed by atoms with van der Waals surface area (Å²) in [6.45, 7) is 5.12. The van der Waals surface area contributed by atoms with Crippen molar-refractivity contribution in [3.63, 3.8) is 0 Å². The molecule has 1 aliphatic heterocycles. The van der Waals surface area contributed by atoms with Gasteiger partial charge in [-0.2, -0.15) is 0 Å². The summed E-state index contributed by atoms with van der Waals surface area (Å²) < 4.78 is 6.97. The third-order valence-corrected chi connectivity index (χ3v) is 5.00. The Morgan fingerprint density at radius 3 is 3.05 bits per heavy atom. The third-order valence-electron chi connectivity index (χ3n) is 3.80. The summed E-state index contributed by atoms with van der Waals surface area (Å²) in [5, 5.41) is 5.08. The zero-order valence-electron chi connectivity index (χ0n) is 11.4. The van der Waals surface area contributed by atoms with Gasteiger partial charge < -0.3 is 10.1 Å². The Morgan fingerprint density at radius 1 is 1.42 bits per heavy atom. The van der Waals surface area contributed by atoms with E-state index in [2.05, 4.69) is 42.6 Å². The minimum Gasteiger partial charge on any atom is -0.381 e. The maximum atomic E-state index is 5.58. The Labute approximate surface area is 118 Å². The topological polar surface area (TPSA) is 21.3 Å². The zero-order valence-corrected chi connectivity index (χ0v) is 12.2. The van der Waals surface area contributed by atoms with Crippen molar-refractivity contribution in [3.8, 4) is 0 Å². The van der Waals surface area contributed by atoms with Crippen molar-refractivity contribution in [1.82, 2.24) is 5.32 Å². The van der Waals surface area contributed by atoms with Gasteiger partial charge in [-0.15, -0.1) is 11.3 Å². The molecule has 3 rings (SSSR count). The molecular formula is C16H21NOS. The van der Waals surface area contributed by atoms with Gasteiger partial charge in [-0.1, -0.05) is 25.1 Å². The molecule has 3 heteroatoms. The quantitative estimate of drug-likeness (QED) is 0.891. The van der Waals surface area contributed by atoms with E-state index < -0.39 is 0 Å². The van der Waals surface area contributed by atoms with Crippen LogP contribution in [0.1, 0.15) is 30.7 Å². The van der Waals surface area contributed by atoms with Gasteiger partial charge in [0, 0.05) is 28.1 Å². The molecule has 0 bridgehead atoms. The van der Waals surface area contributed by atoms with Gasteiger partial charge in [0.25, 0.3) is 0 Å². The van der Waals surface area contributed by atoms with Crippen LogP contribution in [0, 0.1) is 5.92 Å². The van der Waals surface area contributed by atoms with E-state index in [4.69, 9.17) is 4.74 Å². The second kappa shape index (κ2) is 6.04. The number of benzene rings is 1. The van der Waals surface area contributed by atoms with Crippen LogP contribution in [-0.4, -0.2) is 19.8 Å². The molecule has 102 valence electrons. The van der Waals surface area contributed by atoms with Gasteiger partial charge >= 0.3 is 0 Å². The largest absolute Gasteiger partial charge is 0.381 e. The van der Waals surface area contributed by atoms with Gasteiger partial charge in [0.05, 0.1) is 6.61 Å². The van der Waals surface area contributed by atoms with E-state index >= 15 is 0 Å². The van der Waals surface area contributed by atoms with Crippen LogP contribution in [0.5, 0.6) is 0 Å². The molecule has 1 aromatic heterocycles. The number of rotatable bonds is 5. The first-order valence-corrected chi connectivity index (χ1v) is 7.99. The first-order chi connectivity index (χ1) is 9.38. The lowest BCUT2D eigenvalue weighted by Gasteiger charge is -2.22.